The Balaban J connectivity index is 0.00000324. The van der Waals surface area contributed by atoms with Crippen molar-refractivity contribution in [2.45, 2.75) is 19.8 Å². The van der Waals surface area contributed by atoms with Crippen LogP contribution in [0.3, 0.4) is 0 Å². The summed E-state index contributed by atoms with van der Waals surface area (Å²) in [6.45, 7) is 2.49. The lowest BCUT2D eigenvalue weighted by Crippen LogP contribution is -2.41. The molecule has 0 heterocycles. The summed E-state index contributed by atoms with van der Waals surface area (Å²) in [7, 11) is 1.57. The van der Waals surface area contributed by atoms with Crippen LogP contribution in [0.1, 0.15) is 30.1 Å². The summed E-state index contributed by atoms with van der Waals surface area (Å²) in [4.78, 5) is 13.4. The maximum atomic E-state index is 12.2. The van der Waals surface area contributed by atoms with Gasteiger partial charge in [-0.3, -0.25) is 15.1 Å². The van der Waals surface area contributed by atoms with E-state index in [-0.39, 0.29) is 24.3 Å². The van der Waals surface area contributed by atoms with Crippen LogP contribution >= 0.6 is 12.4 Å². The number of carbonyl (C=O) groups excluding carboxylic acids is 1. The number of amides is 1. The molecule has 106 valence electrons. The van der Waals surface area contributed by atoms with Crippen molar-refractivity contribution in [1.29, 1.82) is 5.41 Å². The standard InChI is InChI=1S/C13H19N3O2.ClH/c1-3-4-9-16(13(14)15)12(17)10-5-7-11(18-2)8-6-10;/h5-8H,3-4,9H2,1-2H3,(H3,14,15);1H. The van der Waals surface area contributed by atoms with E-state index in [2.05, 4.69) is 0 Å². The Morgan fingerprint density at radius 3 is 2.37 bits per heavy atom. The first-order valence-corrected chi connectivity index (χ1v) is 5.90. The van der Waals surface area contributed by atoms with Gasteiger partial charge in [0.2, 0.25) is 0 Å². The van der Waals surface area contributed by atoms with Crippen LogP contribution in [0, 0.1) is 5.41 Å². The number of ether oxygens (including phenoxy) is 1. The fraction of sp³-hybridized carbons (Fsp3) is 0.385. The van der Waals surface area contributed by atoms with E-state index in [1.165, 1.54) is 4.90 Å². The number of hydrogen-bond donors (Lipinski definition) is 2. The number of rotatable bonds is 5. The number of nitrogens with one attached hydrogen (secondary N) is 1. The SMILES string of the molecule is CCCCN(C(=N)N)C(=O)c1ccc(OC)cc1.Cl. The summed E-state index contributed by atoms with van der Waals surface area (Å²) < 4.78 is 5.03. The van der Waals surface area contributed by atoms with Crippen molar-refractivity contribution in [3.63, 3.8) is 0 Å². The number of halogens is 1. The first-order valence-electron chi connectivity index (χ1n) is 5.90. The minimum absolute atomic E-state index is 0. The molecule has 1 aromatic rings. The van der Waals surface area contributed by atoms with Crippen molar-refractivity contribution >= 4 is 24.3 Å². The van der Waals surface area contributed by atoms with E-state index in [0.717, 1.165) is 12.8 Å². The van der Waals surface area contributed by atoms with Crippen LogP contribution in [-0.4, -0.2) is 30.4 Å². The van der Waals surface area contributed by atoms with Gasteiger partial charge >= 0.3 is 0 Å². The molecular weight excluding hydrogens is 266 g/mol. The Morgan fingerprint density at radius 1 is 1.37 bits per heavy atom. The average Bonchev–Trinajstić information content (AvgIpc) is 2.38. The lowest BCUT2D eigenvalue weighted by atomic mass is 10.2. The first-order chi connectivity index (χ1) is 8.60. The minimum Gasteiger partial charge on any atom is -0.497 e. The van der Waals surface area contributed by atoms with E-state index >= 15 is 0 Å². The summed E-state index contributed by atoms with van der Waals surface area (Å²) in [5, 5.41) is 7.45. The van der Waals surface area contributed by atoms with Gasteiger partial charge in [-0.2, -0.15) is 0 Å². The number of carbonyl (C=O) groups is 1. The van der Waals surface area contributed by atoms with E-state index < -0.39 is 0 Å². The third-order valence-corrected chi connectivity index (χ3v) is 2.61. The molecule has 0 aliphatic rings. The Morgan fingerprint density at radius 2 is 1.95 bits per heavy atom. The van der Waals surface area contributed by atoms with Crippen molar-refractivity contribution in [2.24, 2.45) is 5.73 Å². The molecule has 1 rings (SSSR count). The smallest absolute Gasteiger partial charge is 0.260 e. The third kappa shape index (κ3) is 4.79. The molecule has 3 N–H and O–H groups in total. The third-order valence-electron chi connectivity index (χ3n) is 2.61. The Labute approximate surface area is 119 Å². The lowest BCUT2D eigenvalue weighted by Gasteiger charge is -2.20. The van der Waals surface area contributed by atoms with Gasteiger partial charge < -0.3 is 10.5 Å². The van der Waals surface area contributed by atoms with Gasteiger partial charge in [0.25, 0.3) is 5.91 Å². The van der Waals surface area contributed by atoms with Gasteiger partial charge in [-0.1, -0.05) is 13.3 Å². The first kappa shape index (κ1) is 17.2. The predicted molar refractivity (Wildman–Crippen MR) is 78.1 cm³/mol. The predicted octanol–water partition coefficient (Wildman–Crippen LogP) is 2.25. The van der Waals surface area contributed by atoms with Crippen molar-refractivity contribution < 1.29 is 9.53 Å². The molecule has 6 heteroatoms. The van der Waals surface area contributed by atoms with E-state index in [9.17, 15) is 4.79 Å². The summed E-state index contributed by atoms with van der Waals surface area (Å²) in [6.07, 6.45) is 1.77. The highest BCUT2D eigenvalue weighted by atomic mass is 35.5. The number of nitrogens with two attached hydrogens (primary N) is 1. The van der Waals surface area contributed by atoms with E-state index in [1.807, 2.05) is 6.92 Å². The molecule has 0 aliphatic heterocycles. The quantitative estimate of drug-likeness (QED) is 0.643. The highest BCUT2D eigenvalue weighted by Crippen LogP contribution is 2.13. The second-order valence-corrected chi connectivity index (χ2v) is 3.92. The molecule has 19 heavy (non-hydrogen) atoms. The van der Waals surface area contributed by atoms with E-state index in [1.54, 1.807) is 31.4 Å². The molecule has 0 bridgehead atoms. The van der Waals surface area contributed by atoms with E-state index in [4.69, 9.17) is 15.9 Å². The molecule has 0 aromatic heterocycles. The average molecular weight is 286 g/mol. The maximum absolute atomic E-state index is 12.2. The molecule has 1 aromatic carbocycles. The monoisotopic (exact) mass is 285 g/mol. The van der Waals surface area contributed by atoms with Crippen LogP contribution in [0.5, 0.6) is 5.75 Å². The van der Waals surface area contributed by atoms with Gasteiger partial charge in [0.05, 0.1) is 7.11 Å². The number of hydrogen-bond acceptors (Lipinski definition) is 3. The zero-order valence-corrected chi connectivity index (χ0v) is 12.0. The minimum atomic E-state index is -0.251. The number of methoxy groups -OCH3 is 1. The molecular formula is C13H20ClN3O2. The number of guanidine groups is 1. The molecule has 0 fully saturated rings. The summed E-state index contributed by atoms with van der Waals surface area (Å²) in [5.41, 5.74) is 5.94. The maximum Gasteiger partial charge on any atom is 0.260 e. The van der Waals surface area contributed by atoms with Crippen LogP contribution < -0.4 is 10.5 Å². The second-order valence-electron chi connectivity index (χ2n) is 3.92. The van der Waals surface area contributed by atoms with Gasteiger partial charge in [0.1, 0.15) is 5.75 Å². The van der Waals surface area contributed by atoms with Crippen molar-refractivity contribution in [3.8, 4) is 5.75 Å². The largest absolute Gasteiger partial charge is 0.497 e. The van der Waals surface area contributed by atoms with Crippen molar-refractivity contribution in [3.05, 3.63) is 29.8 Å². The van der Waals surface area contributed by atoms with Crippen LogP contribution in [0.25, 0.3) is 0 Å². The molecule has 0 saturated carbocycles. The topological polar surface area (TPSA) is 79.4 Å². The van der Waals surface area contributed by atoms with Gasteiger partial charge in [0, 0.05) is 12.1 Å². The van der Waals surface area contributed by atoms with Crippen LogP contribution in [0.15, 0.2) is 24.3 Å². The molecule has 1 amide bonds. The summed E-state index contributed by atoms with van der Waals surface area (Å²) in [6, 6.07) is 6.77. The highest BCUT2D eigenvalue weighted by molar-refractivity contribution is 6.04. The Kier molecular flexibility index (Phi) is 7.60. The number of benzene rings is 1. The highest BCUT2D eigenvalue weighted by Gasteiger charge is 2.17. The van der Waals surface area contributed by atoms with Gasteiger partial charge in [-0.05, 0) is 30.7 Å². The van der Waals surface area contributed by atoms with Crippen molar-refractivity contribution in [2.75, 3.05) is 13.7 Å². The fourth-order valence-corrected chi connectivity index (χ4v) is 1.54. The van der Waals surface area contributed by atoms with Crippen molar-refractivity contribution in [1.82, 2.24) is 4.90 Å². The molecule has 0 spiro atoms. The van der Waals surface area contributed by atoms with Gasteiger partial charge in [-0.25, -0.2) is 0 Å². The van der Waals surface area contributed by atoms with Crippen LogP contribution in [-0.2, 0) is 0 Å². The van der Waals surface area contributed by atoms with Crippen LogP contribution in [0.4, 0.5) is 0 Å². The number of nitrogens with zero attached hydrogens (tertiary/aromatic N) is 1. The summed E-state index contributed by atoms with van der Waals surface area (Å²) in [5.74, 6) is 0.220. The normalized spacial score (nSPS) is 9.37. The van der Waals surface area contributed by atoms with Gasteiger partial charge in [-0.15, -0.1) is 12.4 Å². The number of unbranched alkanes of at least 4 members (excludes halogenated alkanes) is 1. The Bertz CT molecular complexity index is 420. The second kappa shape index (κ2) is 8.37. The Hall–Kier alpha value is -1.75. The van der Waals surface area contributed by atoms with E-state index in [0.29, 0.717) is 17.9 Å². The molecule has 0 saturated heterocycles. The fourth-order valence-electron chi connectivity index (χ4n) is 1.54. The molecule has 5 nitrogen and oxygen atoms in total. The zero-order valence-electron chi connectivity index (χ0n) is 11.2. The molecule has 0 unspecified atom stereocenters. The molecule has 0 radical (unpaired) electrons. The molecule has 0 aliphatic carbocycles. The van der Waals surface area contributed by atoms with Crippen LogP contribution in [0.2, 0.25) is 0 Å². The lowest BCUT2D eigenvalue weighted by molar-refractivity contribution is 0.0843. The zero-order chi connectivity index (χ0) is 13.5. The summed E-state index contributed by atoms with van der Waals surface area (Å²) >= 11 is 0. The molecule has 0 atom stereocenters. The van der Waals surface area contributed by atoms with Gasteiger partial charge in [0.15, 0.2) is 5.96 Å².